The third-order valence-electron chi connectivity index (χ3n) is 3.59. The highest BCUT2D eigenvalue weighted by Crippen LogP contribution is 2.25. The van der Waals surface area contributed by atoms with Crippen LogP contribution < -0.4 is 11.1 Å². The number of nitrogens with two attached hydrogens (primary N) is 1. The van der Waals surface area contributed by atoms with Crippen LogP contribution in [0.5, 0.6) is 0 Å². The Labute approximate surface area is 141 Å². The number of aromatic nitrogens is 1. The van der Waals surface area contributed by atoms with Gasteiger partial charge < -0.3 is 11.1 Å². The third-order valence-corrected chi connectivity index (χ3v) is 4.52. The number of benzene rings is 1. The van der Waals surface area contributed by atoms with E-state index in [0.717, 1.165) is 22.6 Å². The molecule has 0 aliphatic rings. The Morgan fingerprint density at radius 2 is 2.00 bits per heavy atom. The topological polar surface area (TPSA) is 68.0 Å². The summed E-state index contributed by atoms with van der Waals surface area (Å²) in [5.74, 6) is -0.413. The Bertz CT molecular complexity index is 615. The van der Waals surface area contributed by atoms with E-state index in [4.69, 9.17) is 5.73 Å². The van der Waals surface area contributed by atoms with Gasteiger partial charge in [0.15, 0.2) is 5.13 Å². The summed E-state index contributed by atoms with van der Waals surface area (Å²) >= 11 is 1.51. The fourth-order valence-electron chi connectivity index (χ4n) is 2.16. The molecule has 2 atom stereocenters. The maximum absolute atomic E-state index is 12.3. The Morgan fingerprint density at radius 3 is 2.55 bits per heavy atom. The average molecular weight is 340 g/mol. The first-order valence-corrected chi connectivity index (χ1v) is 7.92. The normalized spacial score (nSPS) is 13.1. The third kappa shape index (κ3) is 4.29. The molecule has 1 aromatic carbocycles. The van der Waals surface area contributed by atoms with Crippen LogP contribution >= 0.6 is 23.7 Å². The first kappa shape index (κ1) is 18.6. The van der Waals surface area contributed by atoms with Gasteiger partial charge in [-0.2, -0.15) is 0 Å². The highest BCUT2D eigenvalue weighted by atomic mass is 35.5. The maximum atomic E-state index is 12.3. The van der Waals surface area contributed by atoms with Crippen molar-refractivity contribution in [1.82, 2.24) is 4.98 Å². The Kier molecular flexibility index (Phi) is 7.00. The summed E-state index contributed by atoms with van der Waals surface area (Å²) in [7, 11) is 0. The standard InChI is InChI=1S/C16H21N3OS.ClH/c1-4-13-11(3)21-16(18-13)19-15(20)10(2)14(17)12-8-6-5-7-9-12;/h5-10,14H,4,17H2,1-3H3,(H,18,19,20);1H. The van der Waals surface area contributed by atoms with Crippen LogP contribution in [0.1, 0.15) is 36.0 Å². The van der Waals surface area contributed by atoms with Crippen LogP contribution in [0.3, 0.4) is 0 Å². The number of anilines is 1. The lowest BCUT2D eigenvalue weighted by Crippen LogP contribution is -2.30. The largest absolute Gasteiger partial charge is 0.323 e. The first-order valence-electron chi connectivity index (χ1n) is 7.10. The number of nitrogens with one attached hydrogen (secondary N) is 1. The zero-order valence-electron chi connectivity index (χ0n) is 13.0. The van der Waals surface area contributed by atoms with E-state index in [2.05, 4.69) is 17.2 Å². The summed E-state index contributed by atoms with van der Waals surface area (Å²) in [5.41, 5.74) is 8.18. The number of hydrogen-bond donors (Lipinski definition) is 2. The number of carbonyl (C=O) groups excluding carboxylic acids is 1. The zero-order chi connectivity index (χ0) is 15.4. The van der Waals surface area contributed by atoms with Crippen molar-refractivity contribution < 1.29 is 4.79 Å². The second-order valence-corrected chi connectivity index (χ2v) is 6.29. The van der Waals surface area contributed by atoms with E-state index in [-0.39, 0.29) is 30.3 Å². The van der Waals surface area contributed by atoms with Gasteiger partial charge in [-0.25, -0.2) is 4.98 Å². The number of hydrogen-bond acceptors (Lipinski definition) is 4. The van der Waals surface area contributed by atoms with Gasteiger partial charge in [0, 0.05) is 10.9 Å². The van der Waals surface area contributed by atoms with Gasteiger partial charge in [0.05, 0.1) is 11.6 Å². The molecule has 0 aliphatic carbocycles. The van der Waals surface area contributed by atoms with Gasteiger partial charge in [-0.1, -0.05) is 44.2 Å². The molecule has 4 nitrogen and oxygen atoms in total. The molecule has 2 unspecified atom stereocenters. The number of thiazole rings is 1. The second kappa shape index (κ2) is 8.27. The van der Waals surface area contributed by atoms with Gasteiger partial charge in [-0.05, 0) is 18.9 Å². The predicted octanol–water partition coefficient (Wildman–Crippen LogP) is 3.71. The van der Waals surface area contributed by atoms with Crippen LogP contribution in [0.15, 0.2) is 30.3 Å². The molecule has 3 N–H and O–H groups in total. The van der Waals surface area contributed by atoms with Crippen LogP contribution in [0.4, 0.5) is 5.13 Å². The van der Waals surface area contributed by atoms with E-state index in [1.807, 2.05) is 44.2 Å². The molecule has 0 bridgehead atoms. The number of amides is 1. The van der Waals surface area contributed by atoms with Gasteiger partial charge in [-0.3, -0.25) is 4.79 Å². The molecule has 6 heteroatoms. The van der Waals surface area contributed by atoms with Crippen molar-refractivity contribution in [1.29, 1.82) is 0 Å². The minimum absolute atomic E-state index is 0. The molecule has 0 aliphatic heterocycles. The SMILES string of the molecule is CCc1nc(NC(=O)C(C)C(N)c2ccccc2)sc1C.Cl. The van der Waals surface area contributed by atoms with Gasteiger partial charge in [0.2, 0.25) is 5.91 Å². The summed E-state index contributed by atoms with van der Waals surface area (Å²) < 4.78 is 0. The lowest BCUT2D eigenvalue weighted by molar-refractivity contribution is -0.120. The Morgan fingerprint density at radius 1 is 1.36 bits per heavy atom. The van der Waals surface area contributed by atoms with E-state index in [1.165, 1.54) is 11.3 Å². The molecular weight excluding hydrogens is 318 g/mol. The molecule has 0 radical (unpaired) electrons. The summed E-state index contributed by atoms with van der Waals surface area (Å²) in [6, 6.07) is 9.35. The summed E-state index contributed by atoms with van der Waals surface area (Å²) in [4.78, 5) is 17.9. The van der Waals surface area contributed by atoms with E-state index >= 15 is 0 Å². The van der Waals surface area contributed by atoms with Gasteiger partial charge >= 0.3 is 0 Å². The Hall–Kier alpha value is -1.43. The monoisotopic (exact) mass is 339 g/mol. The molecule has 1 aromatic heterocycles. The highest BCUT2D eigenvalue weighted by Gasteiger charge is 2.23. The molecule has 2 rings (SSSR count). The summed E-state index contributed by atoms with van der Waals surface area (Å²) in [6.45, 7) is 5.92. The van der Waals surface area contributed by atoms with E-state index in [1.54, 1.807) is 0 Å². The van der Waals surface area contributed by atoms with Gasteiger partial charge in [-0.15, -0.1) is 23.7 Å². The number of carbonyl (C=O) groups is 1. The number of aryl methyl sites for hydroxylation is 2. The molecular formula is C16H22ClN3OS. The van der Waals surface area contributed by atoms with Crippen molar-refractivity contribution in [2.45, 2.75) is 33.2 Å². The fraction of sp³-hybridized carbons (Fsp3) is 0.375. The molecule has 0 saturated carbocycles. The minimum atomic E-state index is -0.321. The lowest BCUT2D eigenvalue weighted by Gasteiger charge is -2.19. The smallest absolute Gasteiger partial charge is 0.230 e. The molecule has 1 amide bonds. The van der Waals surface area contributed by atoms with Crippen molar-refractivity contribution in [2.75, 3.05) is 5.32 Å². The number of halogens is 1. The molecule has 1 heterocycles. The van der Waals surface area contributed by atoms with Gasteiger partial charge in [0.25, 0.3) is 0 Å². The molecule has 0 saturated heterocycles. The average Bonchev–Trinajstić information content (AvgIpc) is 2.86. The van der Waals surface area contributed by atoms with Crippen molar-refractivity contribution in [3.8, 4) is 0 Å². The van der Waals surface area contributed by atoms with Crippen LogP contribution in [-0.4, -0.2) is 10.9 Å². The lowest BCUT2D eigenvalue weighted by atomic mass is 9.95. The van der Waals surface area contributed by atoms with Crippen LogP contribution in [0, 0.1) is 12.8 Å². The van der Waals surface area contributed by atoms with E-state index < -0.39 is 0 Å². The number of nitrogens with zero attached hydrogens (tertiary/aromatic N) is 1. The number of rotatable bonds is 5. The molecule has 2 aromatic rings. The van der Waals surface area contributed by atoms with Crippen molar-refractivity contribution in [2.24, 2.45) is 11.7 Å². The first-order chi connectivity index (χ1) is 10.0. The zero-order valence-corrected chi connectivity index (χ0v) is 14.6. The van der Waals surface area contributed by atoms with Crippen molar-refractivity contribution in [3.05, 3.63) is 46.5 Å². The Balaban J connectivity index is 0.00000242. The quantitative estimate of drug-likeness (QED) is 0.872. The van der Waals surface area contributed by atoms with Crippen molar-refractivity contribution >= 4 is 34.8 Å². The maximum Gasteiger partial charge on any atom is 0.230 e. The minimum Gasteiger partial charge on any atom is -0.323 e. The fourth-order valence-corrected chi connectivity index (χ4v) is 3.06. The van der Waals surface area contributed by atoms with Crippen LogP contribution in [-0.2, 0) is 11.2 Å². The molecule has 120 valence electrons. The van der Waals surface area contributed by atoms with Crippen LogP contribution in [0.25, 0.3) is 0 Å². The molecule has 0 fully saturated rings. The second-order valence-electron chi connectivity index (χ2n) is 5.09. The summed E-state index contributed by atoms with van der Waals surface area (Å²) in [5, 5.41) is 3.53. The molecule has 22 heavy (non-hydrogen) atoms. The van der Waals surface area contributed by atoms with Crippen molar-refractivity contribution in [3.63, 3.8) is 0 Å². The van der Waals surface area contributed by atoms with Crippen LogP contribution in [0.2, 0.25) is 0 Å². The predicted molar refractivity (Wildman–Crippen MR) is 94.6 cm³/mol. The highest BCUT2D eigenvalue weighted by molar-refractivity contribution is 7.15. The van der Waals surface area contributed by atoms with E-state index in [0.29, 0.717) is 5.13 Å². The van der Waals surface area contributed by atoms with E-state index in [9.17, 15) is 4.79 Å². The van der Waals surface area contributed by atoms with Gasteiger partial charge in [0.1, 0.15) is 0 Å². The summed E-state index contributed by atoms with van der Waals surface area (Å²) in [6.07, 6.45) is 0.872. The molecule has 0 spiro atoms.